The largest absolute Gasteiger partial charge is 0.337 e. The van der Waals surface area contributed by atoms with Gasteiger partial charge in [-0.25, -0.2) is 9.97 Å². The van der Waals surface area contributed by atoms with Crippen molar-refractivity contribution in [2.75, 3.05) is 25.0 Å². The Kier molecular flexibility index (Phi) is 5.27. The molecule has 1 aliphatic rings. The summed E-state index contributed by atoms with van der Waals surface area (Å²) in [6.45, 7) is 8.54. The van der Waals surface area contributed by atoms with Crippen molar-refractivity contribution in [2.45, 2.75) is 33.0 Å². The van der Waals surface area contributed by atoms with Gasteiger partial charge in [0.25, 0.3) is 0 Å². The second-order valence-electron chi connectivity index (χ2n) is 6.33. The third-order valence-corrected chi connectivity index (χ3v) is 5.14. The van der Waals surface area contributed by atoms with Crippen molar-refractivity contribution in [3.05, 3.63) is 29.3 Å². The summed E-state index contributed by atoms with van der Waals surface area (Å²) in [5.74, 6) is 1.03. The van der Waals surface area contributed by atoms with E-state index in [1.54, 1.807) is 0 Å². The first-order valence-corrected chi connectivity index (χ1v) is 9.04. The van der Waals surface area contributed by atoms with Crippen LogP contribution in [0.4, 0.5) is 5.13 Å². The molecular weight excluding hydrogens is 324 g/mol. The SMILES string of the molecule is CC(=O)Nc1nc(CN2CCN(Cc3nccn3C)C(C)C2)cs1. The topological polar surface area (TPSA) is 66.3 Å². The number of thiazole rings is 1. The molecule has 1 atom stereocenters. The maximum Gasteiger partial charge on any atom is 0.223 e. The number of rotatable bonds is 5. The highest BCUT2D eigenvalue weighted by molar-refractivity contribution is 7.13. The van der Waals surface area contributed by atoms with Gasteiger partial charge in [0, 0.05) is 64.0 Å². The van der Waals surface area contributed by atoms with Crippen LogP contribution in [0, 0.1) is 0 Å². The monoisotopic (exact) mass is 348 g/mol. The maximum atomic E-state index is 11.1. The van der Waals surface area contributed by atoms with Crippen molar-refractivity contribution in [3.8, 4) is 0 Å². The number of amides is 1. The van der Waals surface area contributed by atoms with E-state index in [2.05, 4.69) is 36.6 Å². The fraction of sp³-hybridized carbons (Fsp3) is 0.562. The predicted octanol–water partition coefficient (Wildman–Crippen LogP) is 1.54. The molecule has 3 rings (SSSR count). The molecular formula is C16H24N6OS. The number of hydrogen-bond donors (Lipinski definition) is 1. The first-order chi connectivity index (χ1) is 11.5. The molecule has 1 fully saturated rings. The summed E-state index contributed by atoms with van der Waals surface area (Å²) in [5, 5.41) is 5.44. The van der Waals surface area contributed by atoms with Gasteiger partial charge in [0.05, 0.1) is 12.2 Å². The fourth-order valence-electron chi connectivity index (χ4n) is 3.00. The number of nitrogens with zero attached hydrogens (tertiary/aromatic N) is 5. The fourth-order valence-corrected chi connectivity index (χ4v) is 3.74. The predicted molar refractivity (Wildman–Crippen MR) is 94.8 cm³/mol. The molecule has 130 valence electrons. The molecule has 0 saturated carbocycles. The van der Waals surface area contributed by atoms with Gasteiger partial charge >= 0.3 is 0 Å². The lowest BCUT2D eigenvalue weighted by Gasteiger charge is -2.39. The molecule has 8 heteroatoms. The normalized spacial score (nSPS) is 19.5. The van der Waals surface area contributed by atoms with Crippen LogP contribution in [0.5, 0.6) is 0 Å². The molecule has 0 aliphatic carbocycles. The minimum Gasteiger partial charge on any atom is -0.337 e. The van der Waals surface area contributed by atoms with E-state index in [1.807, 2.05) is 24.8 Å². The van der Waals surface area contributed by atoms with Crippen LogP contribution >= 0.6 is 11.3 Å². The highest BCUT2D eigenvalue weighted by Gasteiger charge is 2.25. The molecule has 1 N–H and O–H groups in total. The lowest BCUT2D eigenvalue weighted by Crippen LogP contribution is -2.51. The molecule has 0 spiro atoms. The number of hydrogen-bond acceptors (Lipinski definition) is 6. The van der Waals surface area contributed by atoms with Crippen LogP contribution in [0.2, 0.25) is 0 Å². The van der Waals surface area contributed by atoms with Gasteiger partial charge in [0.2, 0.25) is 5.91 Å². The van der Waals surface area contributed by atoms with Crippen molar-refractivity contribution in [1.29, 1.82) is 0 Å². The number of carbonyl (C=O) groups excluding carboxylic acids is 1. The zero-order chi connectivity index (χ0) is 17.1. The minimum absolute atomic E-state index is 0.0765. The Labute approximate surface area is 146 Å². The maximum absolute atomic E-state index is 11.1. The van der Waals surface area contributed by atoms with E-state index in [9.17, 15) is 4.79 Å². The van der Waals surface area contributed by atoms with Gasteiger partial charge in [0.1, 0.15) is 5.82 Å². The second-order valence-corrected chi connectivity index (χ2v) is 7.19. The van der Waals surface area contributed by atoms with E-state index < -0.39 is 0 Å². The summed E-state index contributed by atoms with van der Waals surface area (Å²) >= 11 is 1.48. The zero-order valence-corrected chi connectivity index (χ0v) is 15.2. The van der Waals surface area contributed by atoms with Gasteiger partial charge in [0.15, 0.2) is 5.13 Å². The number of nitrogens with one attached hydrogen (secondary N) is 1. The first-order valence-electron chi connectivity index (χ1n) is 8.16. The van der Waals surface area contributed by atoms with Crippen LogP contribution in [0.3, 0.4) is 0 Å². The van der Waals surface area contributed by atoms with Crippen LogP contribution in [0.1, 0.15) is 25.4 Å². The van der Waals surface area contributed by atoms with Gasteiger partial charge in [-0.1, -0.05) is 0 Å². The summed E-state index contributed by atoms with van der Waals surface area (Å²) in [5.41, 5.74) is 1.02. The van der Waals surface area contributed by atoms with E-state index in [4.69, 9.17) is 0 Å². The molecule has 0 bridgehead atoms. The standard InChI is InChI=1S/C16H24N6OS/c1-12-8-21(9-14-11-24-16(19-14)18-13(2)23)6-7-22(12)10-15-17-4-5-20(15)3/h4-5,11-12H,6-10H2,1-3H3,(H,18,19,23). The van der Waals surface area contributed by atoms with Gasteiger partial charge < -0.3 is 9.88 Å². The minimum atomic E-state index is -0.0765. The van der Waals surface area contributed by atoms with Crippen molar-refractivity contribution in [2.24, 2.45) is 7.05 Å². The number of piperazine rings is 1. The average molecular weight is 348 g/mol. The lowest BCUT2D eigenvalue weighted by atomic mass is 10.2. The van der Waals surface area contributed by atoms with E-state index >= 15 is 0 Å². The lowest BCUT2D eigenvalue weighted by molar-refractivity contribution is -0.114. The van der Waals surface area contributed by atoms with Gasteiger partial charge in [-0.2, -0.15) is 0 Å². The molecule has 24 heavy (non-hydrogen) atoms. The Morgan fingerprint density at radius 2 is 2.25 bits per heavy atom. The zero-order valence-electron chi connectivity index (χ0n) is 14.4. The van der Waals surface area contributed by atoms with Gasteiger partial charge in [-0.05, 0) is 6.92 Å². The molecule has 1 amide bonds. The van der Waals surface area contributed by atoms with Crippen molar-refractivity contribution in [1.82, 2.24) is 24.3 Å². The number of anilines is 1. The number of aryl methyl sites for hydroxylation is 1. The van der Waals surface area contributed by atoms with E-state index in [-0.39, 0.29) is 5.91 Å². The molecule has 7 nitrogen and oxygen atoms in total. The molecule has 0 aromatic carbocycles. The van der Waals surface area contributed by atoms with Gasteiger partial charge in [-0.15, -0.1) is 11.3 Å². The Balaban J connectivity index is 1.52. The highest BCUT2D eigenvalue weighted by Crippen LogP contribution is 2.19. The van der Waals surface area contributed by atoms with Crippen LogP contribution in [0.25, 0.3) is 0 Å². The van der Waals surface area contributed by atoms with Crippen molar-refractivity contribution >= 4 is 22.4 Å². The summed E-state index contributed by atoms with van der Waals surface area (Å²) in [4.78, 5) is 24.9. The number of aromatic nitrogens is 3. The second kappa shape index (κ2) is 7.42. The van der Waals surface area contributed by atoms with Crippen molar-refractivity contribution < 1.29 is 4.79 Å². The van der Waals surface area contributed by atoms with Gasteiger partial charge in [-0.3, -0.25) is 14.6 Å². The van der Waals surface area contributed by atoms with Crippen LogP contribution in [0.15, 0.2) is 17.8 Å². The first kappa shape index (κ1) is 17.1. The van der Waals surface area contributed by atoms with Crippen molar-refractivity contribution in [3.63, 3.8) is 0 Å². The molecule has 1 saturated heterocycles. The Hall–Kier alpha value is -1.77. The van der Waals surface area contributed by atoms with Crippen LogP contribution in [-0.4, -0.2) is 55.9 Å². The van der Waals surface area contributed by atoms with Crippen LogP contribution in [-0.2, 0) is 24.9 Å². The third kappa shape index (κ3) is 4.19. The Bertz CT molecular complexity index is 696. The molecule has 2 aromatic rings. The summed E-state index contributed by atoms with van der Waals surface area (Å²) in [6, 6.07) is 0.476. The summed E-state index contributed by atoms with van der Waals surface area (Å²) in [6.07, 6.45) is 3.84. The molecule has 1 unspecified atom stereocenters. The number of carbonyl (C=O) groups is 1. The average Bonchev–Trinajstić information content (AvgIpc) is 3.11. The quantitative estimate of drug-likeness (QED) is 0.888. The molecule has 1 aliphatic heterocycles. The van der Waals surface area contributed by atoms with Crippen LogP contribution < -0.4 is 5.32 Å². The Morgan fingerprint density at radius 3 is 2.92 bits per heavy atom. The van der Waals surface area contributed by atoms with E-state index in [0.29, 0.717) is 11.2 Å². The number of imidazole rings is 1. The molecule has 3 heterocycles. The molecule has 0 radical (unpaired) electrons. The van der Waals surface area contributed by atoms with E-state index in [1.165, 1.54) is 18.3 Å². The molecule has 2 aromatic heterocycles. The summed E-state index contributed by atoms with van der Waals surface area (Å²) in [7, 11) is 2.04. The van der Waals surface area contributed by atoms with E-state index in [0.717, 1.165) is 44.2 Å². The third-order valence-electron chi connectivity index (χ3n) is 4.34. The highest BCUT2D eigenvalue weighted by atomic mass is 32.1. The smallest absolute Gasteiger partial charge is 0.223 e. The summed E-state index contributed by atoms with van der Waals surface area (Å²) < 4.78 is 2.08. The Morgan fingerprint density at radius 1 is 1.42 bits per heavy atom.